The maximum atomic E-state index is 10.7. The van der Waals surface area contributed by atoms with Gasteiger partial charge in [0.2, 0.25) is 0 Å². The molecule has 7 nitrogen and oxygen atoms in total. The van der Waals surface area contributed by atoms with Crippen molar-refractivity contribution >= 4 is 27.1 Å². The molecule has 1 aromatic heterocycles. The van der Waals surface area contributed by atoms with Crippen molar-refractivity contribution in [2.24, 2.45) is 0 Å². The van der Waals surface area contributed by atoms with Crippen LogP contribution in [0, 0.1) is 0 Å². The van der Waals surface area contributed by atoms with E-state index in [0.29, 0.717) is 16.7 Å². The van der Waals surface area contributed by atoms with E-state index in [2.05, 4.69) is 0 Å². The zero-order chi connectivity index (χ0) is 17.1. The second-order valence-corrected chi connectivity index (χ2v) is 5.21. The van der Waals surface area contributed by atoms with Gasteiger partial charge in [-0.15, -0.1) is 0 Å². The third kappa shape index (κ3) is 4.63. The summed E-state index contributed by atoms with van der Waals surface area (Å²) >= 11 is 0. The predicted molar refractivity (Wildman–Crippen MR) is 66.8 cm³/mol. The zero-order valence-corrected chi connectivity index (χ0v) is 11.6. The Hall–Kier alpha value is -2.27. The van der Waals surface area contributed by atoms with Crippen molar-refractivity contribution in [1.29, 1.82) is 0 Å². The molecule has 2 aromatic rings. The second-order valence-electron chi connectivity index (χ2n) is 3.79. The minimum atomic E-state index is -5.84. The molecule has 0 saturated carbocycles. The average molecular weight is 342 g/mol. The molecule has 0 saturated heterocycles. The molecule has 0 amide bonds. The van der Waals surface area contributed by atoms with Gasteiger partial charge >= 0.3 is 21.6 Å². The van der Waals surface area contributed by atoms with Crippen molar-refractivity contribution in [1.82, 2.24) is 0 Å². The molecule has 2 rings (SSSR count). The van der Waals surface area contributed by atoms with Crippen LogP contribution in [0.15, 0.2) is 28.9 Å². The number of benzene rings is 1. The maximum absolute atomic E-state index is 10.7. The van der Waals surface area contributed by atoms with Gasteiger partial charge in [-0.2, -0.15) is 21.6 Å². The van der Waals surface area contributed by atoms with Crippen LogP contribution in [-0.4, -0.2) is 29.6 Å². The molecule has 1 heterocycles. The van der Waals surface area contributed by atoms with Gasteiger partial charge in [-0.05, 0) is 12.1 Å². The molecule has 0 aliphatic heterocycles. The molecular formula is C11H9F3O7S. The van der Waals surface area contributed by atoms with E-state index in [1.54, 1.807) is 18.2 Å². The zero-order valence-electron chi connectivity index (χ0n) is 10.8. The van der Waals surface area contributed by atoms with Crippen LogP contribution in [0.3, 0.4) is 0 Å². The van der Waals surface area contributed by atoms with E-state index >= 15 is 0 Å². The van der Waals surface area contributed by atoms with Crippen molar-refractivity contribution in [3.63, 3.8) is 0 Å². The van der Waals surface area contributed by atoms with Gasteiger partial charge < -0.3 is 14.3 Å². The smallest absolute Gasteiger partial charge is 0.504 e. The molecule has 0 aliphatic carbocycles. The number of carbonyl (C=O) groups excluding carboxylic acids is 1. The lowest BCUT2D eigenvalue weighted by Crippen LogP contribution is -2.21. The van der Waals surface area contributed by atoms with Gasteiger partial charge in [0, 0.05) is 13.0 Å². The molecule has 0 radical (unpaired) electrons. The first-order valence-corrected chi connectivity index (χ1v) is 6.78. The Morgan fingerprint density at radius 1 is 1.32 bits per heavy atom. The minimum absolute atomic E-state index is 0.0781. The molecule has 0 atom stereocenters. The Morgan fingerprint density at radius 3 is 2.32 bits per heavy atom. The first kappa shape index (κ1) is 17.8. The fraction of sp³-hybridized carbons (Fsp3) is 0.182. The van der Waals surface area contributed by atoms with Gasteiger partial charge in [0.1, 0.15) is 17.6 Å². The number of carbonyl (C=O) groups is 1. The Bertz CT molecular complexity index is 777. The lowest BCUT2D eigenvalue weighted by Gasteiger charge is -1.99. The standard InChI is InChI=1S/C10H8O4.CHF3O3S/c1-6(11)14-7-2-3-8-9(12)5-13-10(8)4-7;2-1(3,4)8(5,6)7/h2-5,12H,1H3;(H,5,6,7). The van der Waals surface area contributed by atoms with E-state index in [-0.39, 0.29) is 11.7 Å². The van der Waals surface area contributed by atoms with Crippen LogP contribution in [0.5, 0.6) is 11.5 Å². The largest absolute Gasteiger partial charge is 0.522 e. The summed E-state index contributed by atoms with van der Waals surface area (Å²) in [6, 6.07) is 4.78. The number of hydrogen-bond acceptors (Lipinski definition) is 6. The van der Waals surface area contributed by atoms with E-state index in [1.807, 2.05) is 0 Å². The monoisotopic (exact) mass is 342 g/mol. The van der Waals surface area contributed by atoms with E-state index in [9.17, 15) is 23.1 Å². The lowest BCUT2D eigenvalue weighted by atomic mass is 10.2. The number of ether oxygens (including phenoxy) is 1. The number of fused-ring (bicyclic) bond motifs is 1. The summed E-state index contributed by atoms with van der Waals surface area (Å²) in [5, 5.41) is 9.88. The Kier molecular flexibility index (Phi) is 5.04. The van der Waals surface area contributed by atoms with Crippen molar-refractivity contribution in [3.05, 3.63) is 24.5 Å². The summed E-state index contributed by atoms with van der Waals surface area (Å²) in [5.74, 6) is 0.0915. The highest BCUT2D eigenvalue weighted by atomic mass is 32.2. The highest BCUT2D eigenvalue weighted by Crippen LogP contribution is 2.29. The molecule has 2 N–H and O–H groups in total. The highest BCUT2D eigenvalue weighted by Gasteiger charge is 2.44. The van der Waals surface area contributed by atoms with Gasteiger partial charge in [0.05, 0.1) is 5.39 Å². The number of aromatic hydroxyl groups is 1. The van der Waals surface area contributed by atoms with Crippen molar-refractivity contribution < 1.29 is 45.2 Å². The Morgan fingerprint density at radius 2 is 1.86 bits per heavy atom. The average Bonchev–Trinajstić information content (AvgIpc) is 2.68. The van der Waals surface area contributed by atoms with Crippen LogP contribution >= 0.6 is 0 Å². The van der Waals surface area contributed by atoms with Gasteiger partial charge in [-0.25, -0.2) is 0 Å². The van der Waals surface area contributed by atoms with Crippen molar-refractivity contribution in [2.45, 2.75) is 12.4 Å². The third-order valence-corrected chi connectivity index (χ3v) is 2.67. The molecule has 0 fully saturated rings. The summed E-state index contributed by atoms with van der Waals surface area (Å²) in [4.78, 5) is 10.7. The van der Waals surface area contributed by atoms with Gasteiger partial charge in [0.15, 0.2) is 5.75 Å². The van der Waals surface area contributed by atoms with Crippen LogP contribution in [0.1, 0.15) is 6.92 Å². The number of hydrogen-bond donors (Lipinski definition) is 2. The molecule has 0 unspecified atom stereocenters. The van der Waals surface area contributed by atoms with Gasteiger partial charge in [-0.3, -0.25) is 9.35 Å². The molecule has 22 heavy (non-hydrogen) atoms. The molecule has 1 aromatic carbocycles. The van der Waals surface area contributed by atoms with Crippen LogP contribution in [-0.2, 0) is 14.9 Å². The van der Waals surface area contributed by atoms with Crippen molar-refractivity contribution in [3.8, 4) is 11.5 Å². The SMILES string of the molecule is CC(=O)Oc1ccc2c(O)coc2c1.O=S(=O)(O)C(F)(F)F. The van der Waals surface area contributed by atoms with Crippen LogP contribution < -0.4 is 4.74 Å². The third-order valence-electron chi connectivity index (χ3n) is 2.08. The number of rotatable bonds is 1. The summed E-state index contributed by atoms with van der Waals surface area (Å²) in [7, 11) is -5.84. The molecule has 122 valence electrons. The number of halogens is 3. The molecular weight excluding hydrogens is 333 g/mol. The fourth-order valence-corrected chi connectivity index (χ4v) is 1.22. The Labute approximate surface area is 121 Å². The van der Waals surface area contributed by atoms with Crippen LogP contribution in [0.2, 0.25) is 0 Å². The summed E-state index contributed by atoms with van der Waals surface area (Å²) < 4.78 is 67.4. The maximum Gasteiger partial charge on any atom is 0.522 e. The minimum Gasteiger partial charge on any atom is -0.504 e. The number of alkyl halides is 3. The normalized spacial score (nSPS) is 11.7. The molecule has 0 bridgehead atoms. The number of esters is 1. The van der Waals surface area contributed by atoms with E-state index in [0.717, 1.165) is 0 Å². The highest BCUT2D eigenvalue weighted by molar-refractivity contribution is 7.86. The quantitative estimate of drug-likeness (QED) is 0.354. The summed E-state index contributed by atoms with van der Waals surface area (Å²) in [6.07, 6.45) is 1.24. The van der Waals surface area contributed by atoms with Crippen LogP contribution in [0.25, 0.3) is 11.0 Å². The second kappa shape index (κ2) is 6.23. The predicted octanol–water partition coefficient (Wildman–Crippen LogP) is 2.46. The van der Waals surface area contributed by atoms with Crippen molar-refractivity contribution in [2.75, 3.05) is 0 Å². The number of furan rings is 1. The first-order chi connectivity index (χ1) is 9.91. The Balaban J connectivity index is 0.000000261. The van der Waals surface area contributed by atoms with E-state index < -0.39 is 15.6 Å². The fourth-order valence-electron chi connectivity index (χ4n) is 1.22. The van der Waals surface area contributed by atoms with Crippen LogP contribution in [0.4, 0.5) is 13.2 Å². The van der Waals surface area contributed by atoms with E-state index in [4.69, 9.17) is 22.1 Å². The first-order valence-electron chi connectivity index (χ1n) is 5.34. The summed E-state index contributed by atoms with van der Waals surface area (Å²) in [6.45, 7) is 1.32. The topological polar surface area (TPSA) is 114 Å². The summed E-state index contributed by atoms with van der Waals surface area (Å²) in [5.41, 5.74) is -5.05. The van der Waals surface area contributed by atoms with Gasteiger partial charge in [-0.1, -0.05) is 0 Å². The van der Waals surface area contributed by atoms with Gasteiger partial charge in [0.25, 0.3) is 0 Å². The molecule has 11 heteroatoms. The lowest BCUT2D eigenvalue weighted by molar-refractivity contribution is -0.131. The molecule has 0 spiro atoms. The van der Waals surface area contributed by atoms with E-state index in [1.165, 1.54) is 13.2 Å². The molecule has 0 aliphatic rings.